The molecule has 0 spiro atoms. The van der Waals surface area contributed by atoms with Gasteiger partial charge >= 0.3 is 5.97 Å². The van der Waals surface area contributed by atoms with E-state index in [0.29, 0.717) is 0 Å². The molecule has 64 valence electrons. The molecule has 2 nitrogen and oxygen atoms in total. The van der Waals surface area contributed by atoms with Crippen LogP contribution >= 0.6 is 11.8 Å². The first kappa shape index (κ1) is 9.13. The fourth-order valence-electron chi connectivity index (χ4n) is 1.01. The Labute approximate surface area is 75.6 Å². The van der Waals surface area contributed by atoms with Gasteiger partial charge in [0, 0.05) is 4.90 Å². The van der Waals surface area contributed by atoms with E-state index in [-0.39, 0.29) is 6.42 Å². The van der Waals surface area contributed by atoms with Gasteiger partial charge in [-0.15, -0.1) is 11.8 Å². The van der Waals surface area contributed by atoms with Crippen molar-refractivity contribution in [3.63, 3.8) is 0 Å². The van der Waals surface area contributed by atoms with Gasteiger partial charge in [0.2, 0.25) is 0 Å². The summed E-state index contributed by atoms with van der Waals surface area (Å²) in [7, 11) is 0. The van der Waals surface area contributed by atoms with Gasteiger partial charge in [0.25, 0.3) is 0 Å². The largest absolute Gasteiger partial charge is 0.481 e. The van der Waals surface area contributed by atoms with Crippen molar-refractivity contribution in [1.82, 2.24) is 0 Å². The average molecular weight is 182 g/mol. The molecule has 0 aliphatic rings. The topological polar surface area (TPSA) is 37.3 Å². The van der Waals surface area contributed by atoms with Crippen LogP contribution in [0.25, 0.3) is 0 Å². The Morgan fingerprint density at radius 1 is 1.50 bits per heavy atom. The SMILES string of the molecule is CSc1ccccc1CC(=O)O. The number of aliphatic carboxylic acids is 1. The number of carboxylic acid groups (broad SMARTS) is 1. The molecule has 0 heterocycles. The van der Waals surface area contributed by atoms with Crippen LogP contribution in [0.1, 0.15) is 5.56 Å². The van der Waals surface area contributed by atoms with E-state index in [1.165, 1.54) is 0 Å². The minimum atomic E-state index is -0.781. The van der Waals surface area contributed by atoms with E-state index in [0.717, 1.165) is 10.5 Å². The van der Waals surface area contributed by atoms with Crippen molar-refractivity contribution in [3.8, 4) is 0 Å². The lowest BCUT2D eigenvalue weighted by molar-refractivity contribution is -0.136. The number of hydrogen-bond acceptors (Lipinski definition) is 2. The van der Waals surface area contributed by atoms with Gasteiger partial charge in [-0.2, -0.15) is 0 Å². The van der Waals surface area contributed by atoms with E-state index >= 15 is 0 Å². The van der Waals surface area contributed by atoms with E-state index < -0.39 is 5.97 Å². The molecule has 0 amide bonds. The molecule has 0 radical (unpaired) electrons. The van der Waals surface area contributed by atoms with Gasteiger partial charge in [0.05, 0.1) is 6.42 Å². The molecule has 0 saturated heterocycles. The van der Waals surface area contributed by atoms with Crippen molar-refractivity contribution in [2.24, 2.45) is 0 Å². The minimum Gasteiger partial charge on any atom is -0.481 e. The molecule has 0 saturated carbocycles. The third-order valence-corrected chi connectivity index (χ3v) is 2.37. The number of thioether (sulfide) groups is 1. The predicted molar refractivity (Wildman–Crippen MR) is 49.6 cm³/mol. The average Bonchev–Trinajstić information content (AvgIpc) is 2.04. The lowest BCUT2D eigenvalue weighted by atomic mass is 10.1. The molecule has 1 rings (SSSR count). The molecule has 1 aromatic carbocycles. The van der Waals surface area contributed by atoms with Crippen LogP contribution in [-0.4, -0.2) is 17.3 Å². The highest BCUT2D eigenvalue weighted by atomic mass is 32.2. The lowest BCUT2D eigenvalue weighted by Gasteiger charge is -2.02. The Bertz CT molecular complexity index is 284. The van der Waals surface area contributed by atoms with Crippen LogP contribution in [0, 0.1) is 0 Å². The smallest absolute Gasteiger partial charge is 0.307 e. The molecule has 0 aromatic heterocycles. The zero-order valence-corrected chi connectivity index (χ0v) is 7.60. The summed E-state index contributed by atoms with van der Waals surface area (Å²) in [6, 6.07) is 7.55. The Kier molecular flexibility index (Phi) is 3.17. The monoisotopic (exact) mass is 182 g/mol. The minimum absolute atomic E-state index is 0.108. The quantitative estimate of drug-likeness (QED) is 0.727. The number of benzene rings is 1. The van der Waals surface area contributed by atoms with Crippen molar-refractivity contribution < 1.29 is 9.90 Å². The molecular formula is C9H10O2S. The fraction of sp³-hybridized carbons (Fsp3) is 0.222. The summed E-state index contributed by atoms with van der Waals surface area (Å²) in [6.07, 6.45) is 2.05. The molecule has 3 heteroatoms. The number of carboxylic acids is 1. The Hall–Kier alpha value is -0.960. The first-order chi connectivity index (χ1) is 5.74. The maximum atomic E-state index is 10.4. The maximum Gasteiger partial charge on any atom is 0.307 e. The number of hydrogen-bond donors (Lipinski definition) is 1. The van der Waals surface area contributed by atoms with Crippen LogP contribution in [0.4, 0.5) is 0 Å². The van der Waals surface area contributed by atoms with E-state index in [4.69, 9.17) is 5.11 Å². The van der Waals surface area contributed by atoms with Gasteiger partial charge in [-0.25, -0.2) is 0 Å². The highest BCUT2D eigenvalue weighted by Gasteiger charge is 2.03. The van der Waals surface area contributed by atoms with Crippen molar-refractivity contribution in [2.75, 3.05) is 6.26 Å². The van der Waals surface area contributed by atoms with Gasteiger partial charge in [0.1, 0.15) is 0 Å². The summed E-state index contributed by atoms with van der Waals surface area (Å²) in [5.41, 5.74) is 0.887. The summed E-state index contributed by atoms with van der Waals surface area (Å²) in [6.45, 7) is 0. The molecule has 0 unspecified atom stereocenters. The van der Waals surface area contributed by atoms with Crippen molar-refractivity contribution in [2.45, 2.75) is 11.3 Å². The first-order valence-electron chi connectivity index (χ1n) is 3.57. The molecule has 0 fully saturated rings. The van der Waals surface area contributed by atoms with E-state index in [2.05, 4.69) is 0 Å². The normalized spacial score (nSPS) is 9.75. The van der Waals surface area contributed by atoms with Crippen LogP contribution in [0.3, 0.4) is 0 Å². The molecule has 0 aliphatic heterocycles. The predicted octanol–water partition coefficient (Wildman–Crippen LogP) is 2.04. The fourth-order valence-corrected chi connectivity index (χ4v) is 1.63. The van der Waals surface area contributed by atoms with Gasteiger partial charge in [-0.05, 0) is 17.9 Å². The highest BCUT2D eigenvalue weighted by Crippen LogP contribution is 2.19. The number of rotatable bonds is 3. The molecule has 1 aromatic rings. The van der Waals surface area contributed by atoms with Gasteiger partial charge < -0.3 is 5.11 Å². The van der Waals surface area contributed by atoms with Crippen molar-refractivity contribution >= 4 is 17.7 Å². The van der Waals surface area contributed by atoms with Gasteiger partial charge in [-0.3, -0.25) is 4.79 Å². The second-order valence-electron chi connectivity index (χ2n) is 2.38. The summed E-state index contributed by atoms with van der Waals surface area (Å²) in [4.78, 5) is 11.5. The summed E-state index contributed by atoms with van der Waals surface area (Å²) < 4.78 is 0. The first-order valence-corrected chi connectivity index (χ1v) is 4.80. The lowest BCUT2D eigenvalue weighted by Crippen LogP contribution is -2.00. The molecule has 0 bridgehead atoms. The molecule has 1 N–H and O–H groups in total. The molecule has 0 aliphatic carbocycles. The third kappa shape index (κ3) is 2.27. The second kappa shape index (κ2) is 4.16. The Balaban J connectivity index is 2.89. The molecule has 12 heavy (non-hydrogen) atoms. The summed E-state index contributed by atoms with van der Waals surface area (Å²) >= 11 is 1.57. The van der Waals surface area contributed by atoms with Crippen LogP contribution in [0.15, 0.2) is 29.2 Å². The van der Waals surface area contributed by atoms with E-state index in [1.54, 1.807) is 11.8 Å². The van der Waals surface area contributed by atoms with Crippen LogP contribution < -0.4 is 0 Å². The zero-order chi connectivity index (χ0) is 8.97. The van der Waals surface area contributed by atoms with E-state index in [9.17, 15) is 4.79 Å². The maximum absolute atomic E-state index is 10.4. The van der Waals surface area contributed by atoms with Gasteiger partial charge in [0.15, 0.2) is 0 Å². The Morgan fingerprint density at radius 2 is 2.17 bits per heavy atom. The zero-order valence-electron chi connectivity index (χ0n) is 6.78. The van der Waals surface area contributed by atoms with Crippen LogP contribution in [-0.2, 0) is 11.2 Å². The van der Waals surface area contributed by atoms with Crippen LogP contribution in [0.2, 0.25) is 0 Å². The highest BCUT2D eigenvalue weighted by molar-refractivity contribution is 7.98. The van der Waals surface area contributed by atoms with Gasteiger partial charge in [-0.1, -0.05) is 18.2 Å². The molecular weight excluding hydrogens is 172 g/mol. The Morgan fingerprint density at radius 3 is 2.75 bits per heavy atom. The second-order valence-corrected chi connectivity index (χ2v) is 3.23. The standard InChI is InChI=1S/C9H10O2S/c1-12-8-5-3-2-4-7(8)6-9(10)11/h2-5H,6H2,1H3,(H,10,11). The van der Waals surface area contributed by atoms with Crippen molar-refractivity contribution in [3.05, 3.63) is 29.8 Å². The number of carbonyl (C=O) groups is 1. The summed E-state index contributed by atoms with van der Waals surface area (Å²) in [5, 5.41) is 8.58. The van der Waals surface area contributed by atoms with E-state index in [1.807, 2.05) is 30.5 Å². The molecule has 0 atom stereocenters. The van der Waals surface area contributed by atoms with Crippen LogP contribution in [0.5, 0.6) is 0 Å². The van der Waals surface area contributed by atoms with Crippen molar-refractivity contribution in [1.29, 1.82) is 0 Å². The third-order valence-electron chi connectivity index (χ3n) is 1.53. The summed E-state index contributed by atoms with van der Waals surface area (Å²) in [5.74, 6) is -0.781.